The normalized spacial score (nSPS) is 10.4. The maximum Gasteiger partial charge on any atom is 0.0311 e. The van der Waals surface area contributed by atoms with Crippen LogP contribution in [0.4, 0.5) is 0 Å². The van der Waals surface area contributed by atoms with Gasteiger partial charge >= 0.3 is 0 Å². The summed E-state index contributed by atoms with van der Waals surface area (Å²) < 4.78 is 1.17. The van der Waals surface area contributed by atoms with E-state index in [4.69, 9.17) is 0 Å². The highest BCUT2D eigenvalue weighted by Gasteiger charge is 1.99. The average molecular weight is 293 g/mol. The van der Waals surface area contributed by atoms with Crippen molar-refractivity contribution in [3.05, 3.63) is 64.1 Å². The largest absolute Gasteiger partial charge is 0.120 e. The van der Waals surface area contributed by atoms with Crippen LogP contribution >= 0.6 is 27.7 Å². The van der Waals surface area contributed by atoms with E-state index in [-0.39, 0.29) is 0 Å². The Kier molecular flexibility index (Phi) is 4.08. The van der Waals surface area contributed by atoms with Crippen molar-refractivity contribution in [3.8, 4) is 0 Å². The summed E-state index contributed by atoms with van der Waals surface area (Å²) in [4.78, 5) is 1.29. The molecule has 0 aromatic heterocycles. The van der Waals surface area contributed by atoms with Crippen LogP contribution in [0.15, 0.2) is 57.9 Å². The van der Waals surface area contributed by atoms with Crippen molar-refractivity contribution in [2.45, 2.75) is 17.6 Å². The van der Waals surface area contributed by atoms with Gasteiger partial charge in [-0.25, -0.2) is 0 Å². The van der Waals surface area contributed by atoms with Crippen molar-refractivity contribution >= 4 is 27.7 Å². The molecule has 0 heterocycles. The summed E-state index contributed by atoms with van der Waals surface area (Å²) in [5.41, 5.74) is 2.68. The molecule has 0 aliphatic heterocycles. The lowest BCUT2D eigenvalue weighted by molar-refractivity contribution is 1.34. The molecule has 16 heavy (non-hydrogen) atoms. The van der Waals surface area contributed by atoms with Crippen molar-refractivity contribution in [1.29, 1.82) is 0 Å². The van der Waals surface area contributed by atoms with Crippen LogP contribution in [-0.2, 0) is 5.75 Å². The first kappa shape index (κ1) is 11.7. The monoisotopic (exact) mass is 292 g/mol. The van der Waals surface area contributed by atoms with Gasteiger partial charge in [-0.1, -0.05) is 42.0 Å². The second kappa shape index (κ2) is 5.55. The van der Waals surface area contributed by atoms with Gasteiger partial charge in [-0.05, 0) is 40.5 Å². The summed E-state index contributed by atoms with van der Waals surface area (Å²) in [5, 5.41) is 0. The van der Waals surface area contributed by atoms with Gasteiger partial charge in [0.05, 0.1) is 0 Å². The number of hydrogen-bond donors (Lipinski definition) is 0. The first-order valence-electron chi connectivity index (χ1n) is 5.18. The fourth-order valence-electron chi connectivity index (χ4n) is 1.41. The van der Waals surface area contributed by atoms with E-state index in [0.29, 0.717) is 0 Å². The molecule has 2 aromatic carbocycles. The molecule has 0 saturated heterocycles. The van der Waals surface area contributed by atoms with E-state index in [1.165, 1.54) is 20.5 Å². The van der Waals surface area contributed by atoms with Crippen molar-refractivity contribution in [3.63, 3.8) is 0 Å². The summed E-state index contributed by atoms with van der Waals surface area (Å²) in [6.45, 7) is 2.12. The first-order chi connectivity index (χ1) is 7.75. The van der Waals surface area contributed by atoms with Gasteiger partial charge in [0, 0.05) is 15.1 Å². The molecule has 2 heteroatoms. The number of rotatable bonds is 3. The van der Waals surface area contributed by atoms with E-state index in [2.05, 4.69) is 65.3 Å². The topological polar surface area (TPSA) is 0 Å². The number of benzene rings is 2. The molecule has 0 radical (unpaired) electrons. The van der Waals surface area contributed by atoms with Gasteiger partial charge in [-0.2, -0.15) is 0 Å². The maximum absolute atomic E-state index is 3.56. The van der Waals surface area contributed by atoms with E-state index in [1.54, 1.807) is 0 Å². The number of hydrogen-bond acceptors (Lipinski definition) is 1. The summed E-state index contributed by atoms with van der Waals surface area (Å²) >= 11 is 5.42. The van der Waals surface area contributed by atoms with Gasteiger partial charge < -0.3 is 0 Å². The molecule has 0 N–H and O–H groups in total. The highest BCUT2D eigenvalue weighted by Crippen LogP contribution is 2.29. The Hall–Kier alpha value is -0.730. The molecular weight excluding hydrogens is 280 g/mol. The molecule has 0 aliphatic carbocycles. The van der Waals surface area contributed by atoms with Crippen LogP contribution in [-0.4, -0.2) is 0 Å². The molecular formula is C14H13BrS. The molecule has 0 amide bonds. The highest BCUT2D eigenvalue weighted by molar-refractivity contribution is 9.10. The van der Waals surface area contributed by atoms with Crippen LogP contribution in [0.1, 0.15) is 11.1 Å². The highest BCUT2D eigenvalue weighted by atomic mass is 79.9. The quantitative estimate of drug-likeness (QED) is 0.714. The summed E-state index contributed by atoms with van der Waals surface area (Å²) in [6.07, 6.45) is 0. The first-order valence-corrected chi connectivity index (χ1v) is 6.96. The molecule has 0 fully saturated rings. The van der Waals surface area contributed by atoms with Gasteiger partial charge in [-0.15, -0.1) is 11.8 Å². The van der Waals surface area contributed by atoms with Gasteiger partial charge in [0.1, 0.15) is 0 Å². The Morgan fingerprint density at radius 3 is 2.38 bits per heavy atom. The van der Waals surface area contributed by atoms with E-state index < -0.39 is 0 Å². The third-order valence-electron chi connectivity index (χ3n) is 2.35. The third kappa shape index (κ3) is 3.13. The SMILES string of the molecule is Cc1ccc(CSc2ccccc2Br)cc1. The molecule has 0 aliphatic rings. The van der Waals surface area contributed by atoms with E-state index >= 15 is 0 Å². The lowest BCUT2D eigenvalue weighted by Gasteiger charge is -2.04. The molecule has 82 valence electrons. The zero-order chi connectivity index (χ0) is 11.4. The zero-order valence-electron chi connectivity index (χ0n) is 9.11. The number of halogens is 1. The van der Waals surface area contributed by atoms with Gasteiger partial charge in [-0.3, -0.25) is 0 Å². The minimum absolute atomic E-state index is 1.02. The van der Waals surface area contributed by atoms with Crippen LogP contribution in [0, 0.1) is 6.92 Å². The van der Waals surface area contributed by atoms with Gasteiger partial charge in [0.25, 0.3) is 0 Å². The third-order valence-corrected chi connectivity index (χ3v) is 4.45. The minimum Gasteiger partial charge on any atom is -0.120 e. The van der Waals surface area contributed by atoms with Gasteiger partial charge in [0.15, 0.2) is 0 Å². The van der Waals surface area contributed by atoms with Crippen molar-refractivity contribution in [1.82, 2.24) is 0 Å². The Balaban J connectivity index is 2.02. The predicted molar refractivity (Wildman–Crippen MR) is 74.9 cm³/mol. The summed E-state index contributed by atoms with van der Waals surface area (Å²) in [6, 6.07) is 17.0. The van der Waals surface area contributed by atoms with E-state index in [9.17, 15) is 0 Å². The second-order valence-corrected chi connectivity index (χ2v) is 5.58. The predicted octanol–water partition coefficient (Wildman–Crippen LogP) is 5.05. The maximum atomic E-state index is 3.56. The molecule has 2 aromatic rings. The smallest absolute Gasteiger partial charge is 0.0311 e. The Morgan fingerprint density at radius 2 is 1.69 bits per heavy atom. The number of aryl methyl sites for hydroxylation is 1. The lowest BCUT2D eigenvalue weighted by atomic mass is 10.2. The Bertz CT molecular complexity index is 462. The molecule has 0 saturated carbocycles. The van der Waals surface area contributed by atoms with Crippen LogP contribution in [0.25, 0.3) is 0 Å². The van der Waals surface area contributed by atoms with Crippen molar-refractivity contribution in [2.24, 2.45) is 0 Å². The second-order valence-electron chi connectivity index (χ2n) is 3.70. The van der Waals surface area contributed by atoms with Crippen LogP contribution in [0.2, 0.25) is 0 Å². The zero-order valence-corrected chi connectivity index (χ0v) is 11.5. The van der Waals surface area contributed by atoms with Crippen LogP contribution < -0.4 is 0 Å². The molecule has 2 rings (SSSR count). The molecule has 0 nitrogen and oxygen atoms in total. The number of thioether (sulfide) groups is 1. The standard InChI is InChI=1S/C14H13BrS/c1-11-6-8-12(9-7-11)10-16-14-5-3-2-4-13(14)15/h2-9H,10H2,1H3. The Morgan fingerprint density at radius 1 is 1.00 bits per heavy atom. The van der Waals surface area contributed by atoms with E-state index in [0.717, 1.165) is 5.75 Å². The fourth-order valence-corrected chi connectivity index (χ4v) is 2.93. The van der Waals surface area contributed by atoms with Crippen LogP contribution in [0.5, 0.6) is 0 Å². The average Bonchev–Trinajstić information content (AvgIpc) is 2.30. The van der Waals surface area contributed by atoms with E-state index in [1.807, 2.05) is 17.8 Å². The summed E-state index contributed by atoms with van der Waals surface area (Å²) in [7, 11) is 0. The molecule has 0 unspecified atom stereocenters. The Labute approximate surface area is 109 Å². The molecule has 0 atom stereocenters. The van der Waals surface area contributed by atoms with Crippen molar-refractivity contribution in [2.75, 3.05) is 0 Å². The van der Waals surface area contributed by atoms with Gasteiger partial charge in [0.2, 0.25) is 0 Å². The molecule has 0 bridgehead atoms. The van der Waals surface area contributed by atoms with Crippen LogP contribution in [0.3, 0.4) is 0 Å². The van der Waals surface area contributed by atoms with Crippen molar-refractivity contribution < 1.29 is 0 Å². The molecule has 0 spiro atoms. The lowest BCUT2D eigenvalue weighted by Crippen LogP contribution is -1.81. The minimum atomic E-state index is 1.02. The summed E-state index contributed by atoms with van der Waals surface area (Å²) in [5.74, 6) is 1.02. The fraction of sp³-hybridized carbons (Fsp3) is 0.143.